The second-order valence-corrected chi connectivity index (χ2v) is 4.48. The van der Waals surface area contributed by atoms with Crippen molar-refractivity contribution in [1.82, 2.24) is 10.2 Å². The Hall–Kier alpha value is -2.21. The van der Waals surface area contributed by atoms with Gasteiger partial charge in [-0.15, -0.1) is 0 Å². The average Bonchev–Trinajstić information content (AvgIpc) is 2.45. The first-order valence-corrected chi connectivity index (χ1v) is 6.13. The van der Waals surface area contributed by atoms with Crippen molar-refractivity contribution in [3.05, 3.63) is 37.1 Å². The minimum atomic E-state index is -1.50. The number of aliphatic carboxylic acids is 1. The molecule has 0 unspecified atom stereocenters. The largest absolute Gasteiger partial charge is 0.478 e. The molecule has 1 rings (SSSR count). The fourth-order valence-electron chi connectivity index (χ4n) is 2.14. The summed E-state index contributed by atoms with van der Waals surface area (Å²) in [5, 5.41) is 11.9. The topological polar surface area (TPSA) is 86.7 Å². The highest BCUT2D eigenvalue weighted by molar-refractivity contribution is 6.19. The van der Waals surface area contributed by atoms with E-state index in [9.17, 15) is 14.4 Å². The van der Waals surface area contributed by atoms with Gasteiger partial charge in [0.05, 0.1) is 0 Å². The number of carbonyl (C=O) groups is 3. The molecule has 0 bridgehead atoms. The van der Waals surface area contributed by atoms with Gasteiger partial charge < -0.3 is 15.3 Å². The van der Waals surface area contributed by atoms with Crippen LogP contribution in [0.1, 0.15) is 6.92 Å². The summed E-state index contributed by atoms with van der Waals surface area (Å²) in [4.78, 5) is 36.8. The van der Waals surface area contributed by atoms with Gasteiger partial charge in [-0.25, -0.2) is 4.79 Å². The van der Waals surface area contributed by atoms with Gasteiger partial charge in [0.2, 0.25) is 0 Å². The van der Waals surface area contributed by atoms with E-state index in [4.69, 9.17) is 5.11 Å². The molecule has 0 radical (unpaired) electrons. The SMILES string of the molecule is C=CC(=O)C1(C(=O)C=C)CNCCN1C=C(C)C(=O)O. The van der Waals surface area contributed by atoms with Crippen LogP contribution in [-0.4, -0.2) is 52.7 Å². The molecule has 2 N–H and O–H groups in total. The lowest BCUT2D eigenvalue weighted by Crippen LogP contribution is -2.67. The fraction of sp³-hybridized carbons (Fsp3) is 0.357. The quantitative estimate of drug-likeness (QED) is 0.530. The molecule has 0 aromatic heterocycles. The van der Waals surface area contributed by atoms with Gasteiger partial charge in [-0.3, -0.25) is 9.59 Å². The maximum Gasteiger partial charge on any atom is 0.332 e. The maximum atomic E-state index is 12.2. The van der Waals surface area contributed by atoms with Crippen molar-refractivity contribution in [2.45, 2.75) is 12.5 Å². The molecule has 108 valence electrons. The zero-order valence-corrected chi connectivity index (χ0v) is 11.4. The molecule has 0 aliphatic carbocycles. The normalized spacial score (nSPS) is 18.2. The van der Waals surface area contributed by atoms with Crippen molar-refractivity contribution in [2.24, 2.45) is 0 Å². The highest BCUT2D eigenvalue weighted by Gasteiger charge is 2.48. The van der Waals surface area contributed by atoms with E-state index in [0.717, 1.165) is 12.2 Å². The Morgan fingerprint density at radius 2 is 1.80 bits per heavy atom. The van der Waals surface area contributed by atoms with Crippen LogP contribution in [0.25, 0.3) is 0 Å². The number of nitrogens with one attached hydrogen (secondary N) is 1. The lowest BCUT2D eigenvalue weighted by atomic mass is 9.85. The van der Waals surface area contributed by atoms with Crippen LogP contribution < -0.4 is 5.32 Å². The number of rotatable bonds is 6. The van der Waals surface area contributed by atoms with Crippen LogP contribution >= 0.6 is 0 Å². The number of piperazine rings is 1. The van der Waals surface area contributed by atoms with E-state index in [0.29, 0.717) is 13.1 Å². The van der Waals surface area contributed by atoms with Gasteiger partial charge in [0.15, 0.2) is 17.1 Å². The minimum Gasteiger partial charge on any atom is -0.478 e. The summed E-state index contributed by atoms with van der Waals surface area (Å²) < 4.78 is 0. The Balaban J connectivity index is 3.35. The predicted molar refractivity (Wildman–Crippen MR) is 74.1 cm³/mol. The van der Waals surface area contributed by atoms with Gasteiger partial charge in [0, 0.05) is 31.4 Å². The lowest BCUT2D eigenvalue weighted by Gasteiger charge is -2.43. The lowest BCUT2D eigenvalue weighted by molar-refractivity contribution is -0.138. The molecular weight excluding hydrogens is 260 g/mol. The third-order valence-corrected chi connectivity index (χ3v) is 3.27. The van der Waals surface area contributed by atoms with Crippen molar-refractivity contribution in [3.63, 3.8) is 0 Å². The minimum absolute atomic E-state index is 0.0463. The van der Waals surface area contributed by atoms with Crippen molar-refractivity contribution in [2.75, 3.05) is 19.6 Å². The highest BCUT2D eigenvalue weighted by atomic mass is 16.4. The van der Waals surface area contributed by atoms with Crippen LogP contribution in [0.5, 0.6) is 0 Å². The van der Waals surface area contributed by atoms with E-state index in [1.165, 1.54) is 18.0 Å². The summed E-state index contributed by atoms with van der Waals surface area (Å²) >= 11 is 0. The summed E-state index contributed by atoms with van der Waals surface area (Å²) in [6.45, 7) is 9.21. The zero-order chi connectivity index (χ0) is 15.3. The molecular formula is C14H18N2O4. The average molecular weight is 278 g/mol. The van der Waals surface area contributed by atoms with Gasteiger partial charge in [0.1, 0.15) is 0 Å². The smallest absolute Gasteiger partial charge is 0.332 e. The number of ketones is 2. The summed E-state index contributed by atoms with van der Waals surface area (Å²) in [6, 6.07) is 0. The second kappa shape index (κ2) is 6.29. The number of nitrogens with zero attached hydrogens (tertiary/aromatic N) is 1. The monoisotopic (exact) mass is 278 g/mol. The van der Waals surface area contributed by atoms with Gasteiger partial charge in [0.25, 0.3) is 0 Å². The second-order valence-electron chi connectivity index (χ2n) is 4.48. The zero-order valence-electron chi connectivity index (χ0n) is 11.4. The van der Waals surface area contributed by atoms with Gasteiger partial charge in [-0.1, -0.05) is 13.2 Å². The standard InChI is InChI=1S/C14H18N2O4/c1-4-11(17)14(12(18)5-2)9-15-6-7-16(14)8-10(3)13(19)20/h4-5,8,15H,1-2,6-7,9H2,3H3,(H,19,20). The summed E-state index contributed by atoms with van der Waals surface area (Å²) in [7, 11) is 0. The number of carboxylic acid groups (broad SMARTS) is 1. The van der Waals surface area contributed by atoms with Crippen molar-refractivity contribution in [3.8, 4) is 0 Å². The van der Waals surface area contributed by atoms with Crippen LogP contribution in [0.4, 0.5) is 0 Å². The predicted octanol–water partition coefficient (Wildman–Crippen LogP) is 0.129. The number of carbonyl (C=O) groups excluding carboxylic acids is 2. The Bertz CT molecular complexity index is 473. The Morgan fingerprint density at radius 1 is 1.25 bits per heavy atom. The Kier molecular flexibility index (Phi) is 4.99. The number of hydrogen-bond acceptors (Lipinski definition) is 5. The summed E-state index contributed by atoms with van der Waals surface area (Å²) in [5.41, 5.74) is -1.46. The molecule has 1 heterocycles. The molecule has 0 aromatic carbocycles. The third-order valence-electron chi connectivity index (χ3n) is 3.27. The molecule has 0 saturated carbocycles. The molecule has 20 heavy (non-hydrogen) atoms. The molecule has 6 heteroatoms. The molecule has 1 saturated heterocycles. The molecule has 0 aromatic rings. The summed E-state index contributed by atoms with van der Waals surface area (Å²) in [6.07, 6.45) is 3.47. The third kappa shape index (κ3) is 2.70. The molecule has 1 fully saturated rings. The van der Waals surface area contributed by atoms with E-state index in [-0.39, 0.29) is 12.1 Å². The first-order valence-electron chi connectivity index (χ1n) is 6.13. The summed E-state index contributed by atoms with van der Waals surface area (Å²) in [5.74, 6) is -2.07. The highest BCUT2D eigenvalue weighted by Crippen LogP contribution is 2.23. The molecule has 1 aliphatic rings. The van der Waals surface area contributed by atoms with Crippen LogP contribution in [-0.2, 0) is 14.4 Å². The van der Waals surface area contributed by atoms with E-state index in [2.05, 4.69) is 18.5 Å². The first-order chi connectivity index (χ1) is 9.40. The van der Waals surface area contributed by atoms with Crippen molar-refractivity contribution in [1.29, 1.82) is 0 Å². The Morgan fingerprint density at radius 3 is 2.25 bits per heavy atom. The van der Waals surface area contributed by atoms with Crippen LogP contribution in [0, 0.1) is 0 Å². The number of carboxylic acids is 1. The van der Waals surface area contributed by atoms with Crippen molar-refractivity contribution < 1.29 is 19.5 Å². The van der Waals surface area contributed by atoms with Gasteiger partial charge >= 0.3 is 5.97 Å². The van der Waals surface area contributed by atoms with Crippen LogP contribution in [0.3, 0.4) is 0 Å². The fourth-order valence-corrected chi connectivity index (χ4v) is 2.14. The molecule has 0 amide bonds. The van der Waals surface area contributed by atoms with E-state index in [1.54, 1.807) is 0 Å². The molecule has 1 aliphatic heterocycles. The van der Waals surface area contributed by atoms with Crippen molar-refractivity contribution >= 4 is 17.5 Å². The van der Waals surface area contributed by atoms with Gasteiger partial charge in [-0.2, -0.15) is 0 Å². The van der Waals surface area contributed by atoms with Gasteiger partial charge in [-0.05, 0) is 19.1 Å². The molecule has 0 spiro atoms. The van der Waals surface area contributed by atoms with E-state index >= 15 is 0 Å². The molecule has 6 nitrogen and oxygen atoms in total. The van der Waals surface area contributed by atoms with Crippen LogP contribution in [0.2, 0.25) is 0 Å². The number of hydrogen-bond donors (Lipinski definition) is 2. The molecule has 0 atom stereocenters. The van der Waals surface area contributed by atoms with E-state index < -0.39 is 23.1 Å². The first kappa shape index (κ1) is 15.8. The van der Waals surface area contributed by atoms with E-state index in [1.807, 2.05) is 0 Å². The van der Waals surface area contributed by atoms with Crippen LogP contribution in [0.15, 0.2) is 37.1 Å². The maximum absolute atomic E-state index is 12.2. The Labute approximate surface area is 117 Å².